The van der Waals surface area contributed by atoms with Crippen molar-refractivity contribution < 1.29 is 24.2 Å². The van der Waals surface area contributed by atoms with Crippen LogP contribution in [-0.4, -0.2) is 42.1 Å². The number of benzene rings is 1. The molecule has 0 saturated carbocycles. The van der Waals surface area contributed by atoms with Gasteiger partial charge in [-0.2, -0.15) is 0 Å². The van der Waals surface area contributed by atoms with Crippen LogP contribution in [0.3, 0.4) is 0 Å². The summed E-state index contributed by atoms with van der Waals surface area (Å²) in [6.07, 6.45) is 0.561. The van der Waals surface area contributed by atoms with Gasteiger partial charge in [0.05, 0.1) is 12.2 Å². The molecule has 0 spiro atoms. The second-order valence-electron chi connectivity index (χ2n) is 4.92. The fourth-order valence-electron chi connectivity index (χ4n) is 1.86. The van der Waals surface area contributed by atoms with Crippen molar-refractivity contribution in [3.05, 3.63) is 29.8 Å². The minimum atomic E-state index is -1.08. The van der Waals surface area contributed by atoms with E-state index in [0.717, 1.165) is 0 Å². The smallest absolute Gasteiger partial charge is 0.325 e. The molecule has 2 amide bonds. The van der Waals surface area contributed by atoms with Crippen molar-refractivity contribution in [3.63, 3.8) is 0 Å². The number of nitrogens with one attached hydrogen (secondary N) is 2. The van der Waals surface area contributed by atoms with Crippen LogP contribution >= 0.6 is 0 Å². The Labute approximate surface area is 135 Å². The molecule has 1 aromatic rings. The fraction of sp³-hybridized carbons (Fsp3) is 0.438. The second kappa shape index (κ2) is 9.45. The number of amides is 2. The molecule has 0 aliphatic carbocycles. The molecule has 23 heavy (non-hydrogen) atoms. The standard InChI is InChI=1S/C16H22N2O5/c1-3-23-13-8-5-4-7-12(13)15(20)17-10-6-9-14(19)18-11(2)16(21)22/h4-5,7-8,11H,3,6,9-10H2,1-2H3,(H,17,20)(H,18,19)(H,21,22)/t11-/m1/s1. The van der Waals surface area contributed by atoms with Gasteiger partial charge in [0.1, 0.15) is 11.8 Å². The number of rotatable bonds is 9. The monoisotopic (exact) mass is 322 g/mol. The van der Waals surface area contributed by atoms with Gasteiger partial charge in [0, 0.05) is 13.0 Å². The number of carboxylic acid groups (broad SMARTS) is 1. The third-order valence-electron chi connectivity index (χ3n) is 3.05. The van der Waals surface area contributed by atoms with Gasteiger partial charge in [-0.3, -0.25) is 14.4 Å². The fourth-order valence-corrected chi connectivity index (χ4v) is 1.86. The molecule has 0 aromatic heterocycles. The van der Waals surface area contributed by atoms with Crippen molar-refractivity contribution >= 4 is 17.8 Å². The van der Waals surface area contributed by atoms with Crippen LogP contribution in [0.1, 0.15) is 37.0 Å². The van der Waals surface area contributed by atoms with E-state index in [2.05, 4.69) is 10.6 Å². The Balaban J connectivity index is 2.37. The van der Waals surface area contributed by atoms with E-state index in [4.69, 9.17) is 9.84 Å². The number of carbonyl (C=O) groups is 3. The number of hydrogen-bond acceptors (Lipinski definition) is 4. The van der Waals surface area contributed by atoms with Gasteiger partial charge in [0.25, 0.3) is 5.91 Å². The molecular formula is C16H22N2O5. The third kappa shape index (κ3) is 6.37. The molecule has 1 rings (SSSR count). The van der Waals surface area contributed by atoms with Crippen LogP contribution in [0.2, 0.25) is 0 Å². The minimum absolute atomic E-state index is 0.144. The number of ether oxygens (including phenoxy) is 1. The minimum Gasteiger partial charge on any atom is -0.493 e. The lowest BCUT2D eigenvalue weighted by molar-refractivity contribution is -0.141. The Morgan fingerprint density at radius 3 is 2.61 bits per heavy atom. The molecule has 0 aliphatic rings. The molecule has 0 bridgehead atoms. The van der Waals surface area contributed by atoms with Crippen LogP contribution in [0, 0.1) is 0 Å². The molecule has 0 fully saturated rings. The molecule has 0 unspecified atom stereocenters. The van der Waals surface area contributed by atoms with Gasteiger partial charge >= 0.3 is 5.97 Å². The van der Waals surface area contributed by atoms with E-state index in [1.54, 1.807) is 24.3 Å². The van der Waals surface area contributed by atoms with Gasteiger partial charge in [0.15, 0.2) is 0 Å². The normalized spacial score (nSPS) is 11.4. The van der Waals surface area contributed by atoms with Gasteiger partial charge in [-0.25, -0.2) is 0 Å². The molecule has 1 atom stereocenters. The lowest BCUT2D eigenvalue weighted by atomic mass is 10.2. The van der Waals surface area contributed by atoms with Crippen molar-refractivity contribution in [1.82, 2.24) is 10.6 Å². The Morgan fingerprint density at radius 1 is 1.26 bits per heavy atom. The molecule has 0 aliphatic heterocycles. The molecule has 0 saturated heterocycles. The molecule has 126 valence electrons. The zero-order valence-corrected chi connectivity index (χ0v) is 13.3. The number of carboxylic acids is 1. The topological polar surface area (TPSA) is 105 Å². The predicted molar refractivity (Wildman–Crippen MR) is 84.4 cm³/mol. The average Bonchev–Trinajstić information content (AvgIpc) is 2.52. The lowest BCUT2D eigenvalue weighted by Crippen LogP contribution is -2.38. The zero-order valence-electron chi connectivity index (χ0n) is 13.3. The Hall–Kier alpha value is -2.57. The maximum absolute atomic E-state index is 12.1. The van der Waals surface area contributed by atoms with Gasteiger partial charge in [-0.1, -0.05) is 12.1 Å². The summed E-state index contributed by atoms with van der Waals surface area (Å²) in [4.78, 5) is 34.2. The van der Waals surface area contributed by atoms with Crippen LogP contribution < -0.4 is 15.4 Å². The van der Waals surface area contributed by atoms with E-state index in [1.165, 1.54) is 6.92 Å². The highest BCUT2D eigenvalue weighted by molar-refractivity contribution is 5.96. The van der Waals surface area contributed by atoms with Crippen molar-refractivity contribution in [1.29, 1.82) is 0 Å². The van der Waals surface area contributed by atoms with Crippen molar-refractivity contribution in [2.24, 2.45) is 0 Å². The van der Waals surface area contributed by atoms with Crippen LogP contribution in [0.25, 0.3) is 0 Å². The molecule has 7 heteroatoms. The summed E-state index contributed by atoms with van der Waals surface area (Å²) in [5.41, 5.74) is 0.443. The maximum Gasteiger partial charge on any atom is 0.325 e. The lowest BCUT2D eigenvalue weighted by Gasteiger charge is -2.11. The highest BCUT2D eigenvalue weighted by Gasteiger charge is 2.14. The molecule has 0 radical (unpaired) electrons. The van der Waals surface area contributed by atoms with Crippen molar-refractivity contribution in [2.45, 2.75) is 32.7 Å². The van der Waals surface area contributed by atoms with E-state index in [1.807, 2.05) is 6.92 Å². The summed E-state index contributed by atoms with van der Waals surface area (Å²) >= 11 is 0. The van der Waals surface area contributed by atoms with E-state index >= 15 is 0 Å². The highest BCUT2D eigenvalue weighted by atomic mass is 16.5. The summed E-state index contributed by atoms with van der Waals surface area (Å²) in [5.74, 6) is -1.20. The summed E-state index contributed by atoms with van der Waals surface area (Å²) < 4.78 is 5.39. The van der Waals surface area contributed by atoms with E-state index < -0.39 is 12.0 Å². The molecular weight excluding hydrogens is 300 g/mol. The van der Waals surface area contributed by atoms with Gasteiger partial charge in [-0.15, -0.1) is 0 Å². The molecule has 7 nitrogen and oxygen atoms in total. The quantitative estimate of drug-likeness (QED) is 0.592. The molecule has 0 heterocycles. The Kier molecular flexibility index (Phi) is 7.59. The third-order valence-corrected chi connectivity index (χ3v) is 3.05. The van der Waals surface area contributed by atoms with Crippen LogP contribution in [0.4, 0.5) is 0 Å². The summed E-state index contributed by atoms with van der Waals surface area (Å²) in [7, 11) is 0. The van der Waals surface area contributed by atoms with Crippen molar-refractivity contribution in [3.8, 4) is 5.75 Å². The maximum atomic E-state index is 12.1. The predicted octanol–water partition coefficient (Wildman–Crippen LogP) is 1.18. The van der Waals surface area contributed by atoms with E-state index in [0.29, 0.717) is 30.9 Å². The largest absolute Gasteiger partial charge is 0.493 e. The Bertz CT molecular complexity index is 559. The van der Waals surface area contributed by atoms with E-state index in [-0.39, 0.29) is 18.2 Å². The number of para-hydroxylation sites is 1. The molecule has 3 N–H and O–H groups in total. The summed E-state index contributed by atoms with van der Waals surface area (Å²) in [6.45, 7) is 4.01. The summed E-state index contributed by atoms with van der Waals surface area (Å²) in [6, 6.07) is 6.00. The van der Waals surface area contributed by atoms with E-state index in [9.17, 15) is 14.4 Å². The second-order valence-corrected chi connectivity index (χ2v) is 4.92. The number of carbonyl (C=O) groups excluding carboxylic acids is 2. The summed E-state index contributed by atoms with van der Waals surface area (Å²) in [5, 5.41) is 13.8. The van der Waals surface area contributed by atoms with Crippen LogP contribution in [-0.2, 0) is 9.59 Å². The number of hydrogen-bond donors (Lipinski definition) is 3. The highest BCUT2D eigenvalue weighted by Crippen LogP contribution is 2.17. The first kappa shape index (κ1) is 18.5. The van der Waals surface area contributed by atoms with Gasteiger partial charge in [-0.05, 0) is 32.4 Å². The number of aliphatic carboxylic acids is 1. The van der Waals surface area contributed by atoms with Crippen LogP contribution in [0.15, 0.2) is 24.3 Å². The average molecular weight is 322 g/mol. The first-order valence-electron chi connectivity index (χ1n) is 7.48. The first-order chi connectivity index (χ1) is 11.0. The van der Waals surface area contributed by atoms with Crippen LogP contribution in [0.5, 0.6) is 5.75 Å². The Morgan fingerprint density at radius 2 is 1.96 bits per heavy atom. The SMILES string of the molecule is CCOc1ccccc1C(=O)NCCCC(=O)N[C@H](C)C(=O)O. The first-order valence-corrected chi connectivity index (χ1v) is 7.48. The van der Waals surface area contributed by atoms with Crippen molar-refractivity contribution in [2.75, 3.05) is 13.2 Å². The van der Waals surface area contributed by atoms with Gasteiger partial charge < -0.3 is 20.5 Å². The zero-order chi connectivity index (χ0) is 17.2. The van der Waals surface area contributed by atoms with Gasteiger partial charge in [0.2, 0.25) is 5.91 Å². The molecule has 1 aromatic carbocycles.